The Morgan fingerprint density at radius 2 is 1.70 bits per heavy atom. The monoisotopic (exact) mass is 360 g/mol. The number of carboxylic acid groups (broad SMARTS) is 1. The molecule has 0 unspecified atom stereocenters. The Bertz CT molecular complexity index is 946. The summed E-state index contributed by atoms with van der Waals surface area (Å²) in [5.74, 6) is 0.484. The molecule has 0 bridgehead atoms. The second-order valence-electron chi connectivity index (χ2n) is 5.89. The molecule has 0 fully saturated rings. The van der Waals surface area contributed by atoms with E-state index in [9.17, 15) is 4.79 Å². The van der Waals surface area contributed by atoms with Gasteiger partial charge < -0.3 is 14.6 Å². The third-order valence-corrected chi connectivity index (χ3v) is 4.08. The highest BCUT2D eigenvalue weighted by molar-refractivity contribution is 5.85. The fourth-order valence-electron chi connectivity index (χ4n) is 2.79. The second kappa shape index (κ2) is 8.72. The van der Waals surface area contributed by atoms with Crippen LogP contribution in [0, 0.1) is 0 Å². The number of benzene rings is 3. The van der Waals surface area contributed by atoms with E-state index >= 15 is 0 Å². The molecule has 0 atom stereocenters. The second-order valence-corrected chi connectivity index (χ2v) is 5.89. The van der Waals surface area contributed by atoms with Crippen LogP contribution < -0.4 is 9.47 Å². The average Bonchev–Trinajstić information content (AvgIpc) is 2.71. The first-order chi connectivity index (χ1) is 13.2. The van der Waals surface area contributed by atoms with Crippen molar-refractivity contribution in [2.24, 2.45) is 0 Å². The zero-order valence-electron chi connectivity index (χ0n) is 15.0. The van der Waals surface area contributed by atoms with Gasteiger partial charge in [0.05, 0.1) is 7.11 Å². The number of hydrogen-bond donors (Lipinski definition) is 1. The molecule has 0 saturated carbocycles. The number of carbonyl (C=O) groups is 1. The van der Waals surface area contributed by atoms with Crippen LogP contribution in [0.15, 0.2) is 78.9 Å². The Morgan fingerprint density at radius 3 is 2.44 bits per heavy atom. The van der Waals surface area contributed by atoms with E-state index in [0.717, 1.165) is 34.1 Å². The van der Waals surface area contributed by atoms with Crippen LogP contribution in [-0.4, -0.2) is 18.2 Å². The summed E-state index contributed by atoms with van der Waals surface area (Å²) in [6.45, 7) is 0.307. The van der Waals surface area contributed by atoms with Gasteiger partial charge in [-0.25, -0.2) is 4.79 Å². The number of hydrogen-bond acceptors (Lipinski definition) is 3. The predicted molar refractivity (Wildman–Crippen MR) is 106 cm³/mol. The molecule has 3 aromatic carbocycles. The molecule has 4 nitrogen and oxygen atoms in total. The van der Waals surface area contributed by atoms with E-state index in [2.05, 4.69) is 0 Å². The highest BCUT2D eigenvalue weighted by Gasteiger charge is 2.09. The van der Waals surface area contributed by atoms with Gasteiger partial charge in [-0.1, -0.05) is 54.6 Å². The van der Waals surface area contributed by atoms with Crippen molar-refractivity contribution in [2.75, 3.05) is 7.11 Å². The highest BCUT2D eigenvalue weighted by Crippen LogP contribution is 2.31. The van der Waals surface area contributed by atoms with E-state index in [1.165, 1.54) is 0 Å². The minimum Gasteiger partial charge on any atom is -0.496 e. The molecule has 0 spiro atoms. The van der Waals surface area contributed by atoms with E-state index in [-0.39, 0.29) is 0 Å². The summed E-state index contributed by atoms with van der Waals surface area (Å²) in [7, 11) is 1.60. The molecule has 27 heavy (non-hydrogen) atoms. The van der Waals surface area contributed by atoms with Gasteiger partial charge in [0.15, 0.2) is 0 Å². The molecular formula is C23H20O4. The minimum atomic E-state index is -0.986. The average molecular weight is 360 g/mol. The fourth-order valence-corrected chi connectivity index (χ4v) is 2.79. The van der Waals surface area contributed by atoms with Crippen molar-refractivity contribution in [3.8, 4) is 22.6 Å². The Labute approximate surface area is 158 Å². The van der Waals surface area contributed by atoms with Crippen molar-refractivity contribution in [3.63, 3.8) is 0 Å². The van der Waals surface area contributed by atoms with Crippen LogP contribution in [0.1, 0.15) is 11.1 Å². The molecule has 0 aliphatic rings. The van der Waals surface area contributed by atoms with Gasteiger partial charge in [0.25, 0.3) is 0 Å². The smallest absolute Gasteiger partial charge is 0.328 e. The van der Waals surface area contributed by atoms with E-state index in [4.69, 9.17) is 14.6 Å². The third kappa shape index (κ3) is 4.76. The van der Waals surface area contributed by atoms with Gasteiger partial charge in [0.1, 0.15) is 18.1 Å². The van der Waals surface area contributed by atoms with E-state index in [1.54, 1.807) is 19.3 Å². The number of carboxylic acids is 1. The van der Waals surface area contributed by atoms with Gasteiger partial charge in [0.2, 0.25) is 0 Å². The first kappa shape index (κ1) is 18.3. The lowest BCUT2D eigenvalue weighted by Gasteiger charge is -2.14. The Morgan fingerprint density at radius 1 is 0.963 bits per heavy atom. The molecule has 0 heterocycles. The molecule has 4 heteroatoms. The predicted octanol–water partition coefficient (Wildman–Crippen LogP) is 5.04. The number of methoxy groups -OCH3 is 1. The van der Waals surface area contributed by atoms with Crippen molar-refractivity contribution in [3.05, 3.63) is 90.0 Å². The molecule has 0 aliphatic heterocycles. The SMILES string of the molecule is COc1ccc(/C=C/C(=O)O)cc1COc1ccccc1-c1ccccc1. The summed E-state index contributed by atoms with van der Waals surface area (Å²) < 4.78 is 11.5. The maximum atomic E-state index is 10.7. The fraction of sp³-hybridized carbons (Fsp3) is 0.0870. The summed E-state index contributed by atoms with van der Waals surface area (Å²) in [5, 5.41) is 8.80. The summed E-state index contributed by atoms with van der Waals surface area (Å²) in [4.78, 5) is 10.7. The molecule has 0 amide bonds. The Hall–Kier alpha value is -3.53. The van der Waals surface area contributed by atoms with Gasteiger partial charge in [-0.05, 0) is 35.4 Å². The van der Waals surface area contributed by atoms with Crippen LogP contribution in [0.3, 0.4) is 0 Å². The molecule has 136 valence electrons. The normalized spacial score (nSPS) is 10.7. The van der Waals surface area contributed by atoms with Crippen LogP contribution in [0.5, 0.6) is 11.5 Å². The van der Waals surface area contributed by atoms with Gasteiger partial charge in [-0.15, -0.1) is 0 Å². The first-order valence-electron chi connectivity index (χ1n) is 8.52. The van der Waals surface area contributed by atoms with Crippen molar-refractivity contribution >= 4 is 12.0 Å². The maximum Gasteiger partial charge on any atom is 0.328 e. The summed E-state index contributed by atoms with van der Waals surface area (Å²) in [5.41, 5.74) is 3.71. The van der Waals surface area contributed by atoms with Gasteiger partial charge in [-0.2, -0.15) is 0 Å². The van der Waals surface area contributed by atoms with Crippen molar-refractivity contribution in [1.29, 1.82) is 0 Å². The van der Waals surface area contributed by atoms with Crippen molar-refractivity contribution < 1.29 is 19.4 Å². The van der Waals surface area contributed by atoms with Crippen LogP contribution >= 0.6 is 0 Å². The molecule has 0 aliphatic carbocycles. The number of aliphatic carboxylic acids is 1. The standard InChI is InChI=1S/C23H20O4/c1-26-21-13-11-17(12-14-23(24)25)15-19(21)16-27-22-10-6-5-9-20(22)18-7-3-2-4-8-18/h2-15H,16H2,1H3,(H,24,25)/b14-12+. The Balaban J connectivity index is 1.85. The van der Waals surface area contributed by atoms with Crippen LogP contribution in [0.4, 0.5) is 0 Å². The largest absolute Gasteiger partial charge is 0.496 e. The lowest BCUT2D eigenvalue weighted by atomic mass is 10.0. The van der Waals surface area contributed by atoms with Crippen LogP contribution in [-0.2, 0) is 11.4 Å². The number of para-hydroxylation sites is 1. The van der Waals surface area contributed by atoms with Gasteiger partial charge in [0, 0.05) is 17.2 Å². The lowest BCUT2D eigenvalue weighted by molar-refractivity contribution is -0.131. The van der Waals surface area contributed by atoms with Gasteiger partial charge >= 0.3 is 5.97 Å². The quantitative estimate of drug-likeness (QED) is 0.600. The van der Waals surface area contributed by atoms with E-state index in [1.807, 2.05) is 66.7 Å². The van der Waals surface area contributed by atoms with E-state index in [0.29, 0.717) is 12.4 Å². The van der Waals surface area contributed by atoms with Crippen molar-refractivity contribution in [2.45, 2.75) is 6.61 Å². The molecule has 3 aromatic rings. The summed E-state index contributed by atoms with van der Waals surface area (Å²) >= 11 is 0. The molecule has 0 radical (unpaired) electrons. The number of ether oxygens (including phenoxy) is 2. The summed E-state index contributed by atoms with van der Waals surface area (Å²) in [6.07, 6.45) is 2.65. The lowest BCUT2D eigenvalue weighted by Crippen LogP contribution is -2.00. The molecule has 0 saturated heterocycles. The topological polar surface area (TPSA) is 55.8 Å². The molecule has 0 aromatic heterocycles. The molecule has 1 N–H and O–H groups in total. The molecule has 3 rings (SSSR count). The summed E-state index contributed by atoms with van der Waals surface area (Å²) in [6, 6.07) is 23.4. The van der Waals surface area contributed by atoms with Crippen LogP contribution in [0.2, 0.25) is 0 Å². The zero-order valence-corrected chi connectivity index (χ0v) is 15.0. The minimum absolute atomic E-state index is 0.307. The number of rotatable bonds is 7. The maximum absolute atomic E-state index is 10.7. The third-order valence-electron chi connectivity index (χ3n) is 4.08. The molecular weight excluding hydrogens is 340 g/mol. The van der Waals surface area contributed by atoms with E-state index < -0.39 is 5.97 Å². The Kier molecular flexibility index (Phi) is 5.90. The zero-order chi connectivity index (χ0) is 19.1. The van der Waals surface area contributed by atoms with Crippen molar-refractivity contribution in [1.82, 2.24) is 0 Å². The first-order valence-corrected chi connectivity index (χ1v) is 8.52. The highest BCUT2D eigenvalue weighted by atomic mass is 16.5. The van der Waals surface area contributed by atoms with Gasteiger partial charge in [-0.3, -0.25) is 0 Å². The van der Waals surface area contributed by atoms with Crippen LogP contribution in [0.25, 0.3) is 17.2 Å².